The third-order valence-corrected chi connectivity index (χ3v) is 4.29. The second-order valence-corrected chi connectivity index (χ2v) is 5.59. The molecular formula is C15H14F2N2O. The first-order chi connectivity index (χ1) is 9.58. The van der Waals surface area contributed by atoms with Gasteiger partial charge in [0.15, 0.2) is 5.78 Å². The minimum absolute atomic E-state index is 0.229. The summed E-state index contributed by atoms with van der Waals surface area (Å²) in [6, 6.07) is 3.86. The summed E-state index contributed by atoms with van der Waals surface area (Å²) in [6.07, 6.45) is 3.43. The first-order valence-corrected chi connectivity index (χ1v) is 6.78. The van der Waals surface area contributed by atoms with Crippen LogP contribution in [0.3, 0.4) is 0 Å². The van der Waals surface area contributed by atoms with Gasteiger partial charge in [0.25, 0.3) is 0 Å². The number of nitrogens with zero attached hydrogens (tertiary/aromatic N) is 1. The van der Waals surface area contributed by atoms with Gasteiger partial charge in [0.1, 0.15) is 17.7 Å². The first kappa shape index (κ1) is 13.2. The maximum absolute atomic E-state index is 13.9. The molecular weight excluding hydrogens is 262 g/mol. The lowest BCUT2D eigenvalue weighted by Crippen LogP contribution is -2.40. The van der Waals surface area contributed by atoms with E-state index in [2.05, 4.69) is 5.32 Å². The molecule has 0 saturated carbocycles. The van der Waals surface area contributed by atoms with Crippen LogP contribution >= 0.6 is 0 Å². The van der Waals surface area contributed by atoms with Crippen LogP contribution in [0.5, 0.6) is 0 Å². The van der Waals surface area contributed by atoms with Gasteiger partial charge in [-0.25, -0.2) is 8.78 Å². The number of halogens is 2. The molecule has 2 aliphatic heterocycles. The summed E-state index contributed by atoms with van der Waals surface area (Å²) in [7, 11) is 0. The number of rotatable bonds is 2. The number of carbonyl (C=O) groups excluding carboxylic acids is 1. The van der Waals surface area contributed by atoms with Gasteiger partial charge in [-0.1, -0.05) is 0 Å². The van der Waals surface area contributed by atoms with Crippen molar-refractivity contribution < 1.29 is 13.6 Å². The highest BCUT2D eigenvalue weighted by atomic mass is 19.1. The molecule has 1 N–H and O–H groups in total. The average Bonchev–Trinajstić information content (AvgIpc) is 2.78. The molecule has 2 aliphatic rings. The molecule has 2 heterocycles. The van der Waals surface area contributed by atoms with Gasteiger partial charge < -0.3 is 5.32 Å². The minimum Gasteiger partial charge on any atom is -0.311 e. The number of fused-ring (bicyclic) bond motifs is 2. The number of nitrogens with one attached hydrogen (secondary N) is 1. The van der Waals surface area contributed by atoms with E-state index in [9.17, 15) is 13.6 Å². The summed E-state index contributed by atoms with van der Waals surface area (Å²) in [6.45, 7) is 0. The zero-order valence-corrected chi connectivity index (χ0v) is 10.8. The van der Waals surface area contributed by atoms with Crippen LogP contribution in [0.25, 0.3) is 0 Å². The van der Waals surface area contributed by atoms with Crippen LogP contribution in [0.4, 0.5) is 8.78 Å². The predicted octanol–water partition coefficient (Wildman–Crippen LogP) is 2.55. The van der Waals surface area contributed by atoms with E-state index in [1.165, 1.54) is 0 Å². The van der Waals surface area contributed by atoms with Crippen molar-refractivity contribution in [3.63, 3.8) is 0 Å². The Hall–Kier alpha value is -1.80. The number of hydrogen-bond donors (Lipinski definition) is 1. The lowest BCUT2D eigenvalue weighted by Gasteiger charge is -2.28. The summed E-state index contributed by atoms with van der Waals surface area (Å²) in [5, 5.41) is 12.1. The van der Waals surface area contributed by atoms with E-state index in [0.717, 1.165) is 25.0 Å². The number of hydrogen-bond acceptors (Lipinski definition) is 3. The molecule has 2 atom stereocenters. The molecule has 3 rings (SSSR count). The van der Waals surface area contributed by atoms with E-state index in [4.69, 9.17) is 5.26 Å². The third kappa shape index (κ3) is 2.20. The Balaban J connectivity index is 1.88. The second kappa shape index (κ2) is 4.95. The van der Waals surface area contributed by atoms with Crippen LogP contribution in [0.2, 0.25) is 0 Å². The lowest BCUT2D eigenvalue weighted by molar-refractivity contribution is 0.0871. The Morgan fingerprint density at radius 1 is 1.20 bits per heavy atom. The van der Waals surface area contributed by atoms with Crippen molar-refractivity contribution in [2.24, 2.45) is 5.92 Å². The number of benzene rings is 1. The van der Waals surface area contributed by atoms with Gasteiger partial charge >= 0.3 is 0 Å². The van der Waals surface area contributed by atoms with Crippen molar-refractivity contribution >= 4 is 5.78 Å². The fraction of sp³-hybridized carbons (Fsp3) is 0.467. The number of piperidine rings is 1. The Labute approximate surface area is 115 Å². The molecule has 5 heteroatoms. The van der Waals surface area contributed by atoms with E-state index in [1.807, 2.05) is 0 Å². The van der Waals surface area contributed by atoms with Gasteiger partial charge in [-0.05, 0) is 37.8 Å². The lowest BCUT2D eigenvalue weighted by atomic mass is 9.85. The second-order valence-electron chi connectivity index (χ2n) is 5.59. The highest BCUT2D eigenvalue weighted by Crippen LogP contribution is 2.33. The topological polar surface area (TPSA) is 52.9 Å². The highest BCUT2D eigenvalue weighted by Gasteiger charge is 2.37. The molecule has 2 unspecified atom stereocenters. The summed E-state index contributed by atoms with van der Waals surface area (Å²) in [4.78, 5) is 12.4. The normalized spacial score (nSPS) is 28.1. The molecule has 2 saturated heterocycles. The van der Waals surface area contributed by atoms with Gasteiger partial charge in [0.05, 0.1) is 11.1 Å². The fourth-order valence-corrected chi connectivity index (χ4v) is 3.31. The molecule has 0 aromatic heterocycles. The van der Waals surface area contributed by atoms with E-state index in [1.54, 1.807) is 6.07 Å². The molecule has 0 radical (unpaired) electrons. The maximum atomic E-state index is 13.9. The third-order valence-electron chi connectivity index (χ3n) is 4.29. The standard InChI is InChI=1S/C15H14F2N2O/c16-13-6-12(14(17)5-9(13)7-18)15(20)8-3-10-1-2-11(4-8)19-10/h5-6,8,10-11,19H,1-4H2. The van der Waals surface area contributed by atoms with Crippen molar-refractivity contribution in [3.8, 4) is 6.07 Å². The fourth-order valence-electron chi connectivity index (χ4n) is 3.31. The number of ketones is 1. The van der Waals surface area contributed by atoms with E-state index < -0.39 is 11.6 Å². The highest BCUT2D eigenvalue weighted by molar-refractivity contribution is 5.98. The van der Waals surface area contributed by atoms with Crippen LogP contribution < -0.4 is 5.32 Å². The molecule has 2 bridgehead atoms. The summed E-state index contributed by atoms with van der Waals surface area (Å²) in [5.74, 6) is -2.24. The van der Waals surface area contributed by atoms with Gasteiger partial charge in [-0.3, -0.25) is 4.79 Å². The molecule has 0 spiro atoms. The maximum Gasteiger partial charge on any atom is 0.169 e. The van der Waals surface area contributed by atoms with Gasteiger partial charge in [-0.2, -0.15) is 5.26 Å². The molecule has 0 amide bonds. The van der Waals surface area contributed by atoms with Crippen molar-refractivity contribution in [3.05, 3.63) is 34.9 Å². The predicted molar refractivity (Wildman–Crippen MR) is 68.1 cm³/mol. The molecule has 20 heavy (non-hydrogen) atoms. The van der Waals surface area contributed by atoms with Crippen LogP contribution in [-0.2, 0) is 0 Å². The van der Waals surface area contributed by atoms with Gasteiger partial charge in [0, 0.05) is 18.0 Å². The zero-order chi connectivity index (χ0) is 14.3. The van der Waals surface area contributed by atoms with Crippen molar-refractivity contribution in [2.45, 2.75) is 37.8 Å². The van der Waals surface area contributed by atoms with Crippen molar-refractivity contribution in [1.82, 2.24) is 5.32 Å². The summed E-state index contributed by atoms with van der Waals surface area (Å²) < 4.78 is 27.4. The minimum atomic E-state index is -0.839. The van der Waals surface area contributed by atoms with Crippen LogP contribution in [0.15, 0.2) is 12.1 Å². The number of carbonyl (C=O) groups is 1. The SMILES string of the molecule is N#Cc1cc(F)c(C(=O)C2CC3CCC(C2)N3)cc1F. The molecule has 2 fully saturated rings. The quantitative estimate of drug-likeness (QED) is 0.845. The molecule has 3 nitrogen and oxygen atoms in total. The van der Waals surface area contributed by atoms with E-state index >= 15 is 0 Å². The molecule has 1 aromatic rings. The number of Topliss-reactive ketones (excluding diaryl/α,β-unsaturated/α-hetero) is 1. The van der Waals surface area contributed by atoms with E-state index in [0.29, 0.717) is 24.9 Å². The monoisotopic (exact) mass is 276 g/mol. The van der Waals surface area contributed by atoms with Gasteiger partial charge in [0.2, 0.25) is 0 Å². The Bertz CT molecular complexity index is 597. The smallest absolute Gasteiger partial charge is 0.169 e. The largest absolute Gasteiger partial charge is 0.311 e. The van der Waals surface area contributed by atoms with Crippen LogP contribution in [-0.4, -0.2) is 17.9 Å². The Kier molecular flexibility index (Phi) is 3.27. The Morgan fingerprint density at radius 3 is 2.45 bits per heavy atom. The van der Waals surface area contributed by atoms with Crippen LogP contribution in [0.1, 0.15) is 41.6 Å². The zero-order valence-electron chi connectivity index (χ0n) is 10.8. The summed E-state index contributed by atoms with van der Waals surface area (Å²) in [5.41, 5.74) is -0.600. The molecule has 0 aliphatic carbocycles. The van der Waals surface area contributed by atoms with Crippen molar-refractivity contribution in [2.75, 3.05) is 0 Å². The molecule has 104 valence electrons. The van der Waals surface area contributed by atoms with Crippen LogP contribution in [0, 0.1) is 28.9 Å². The molecule has 1 aromatic carbocycles. The first-order valence-electron chi connectivity index (χ1n) is 6.78. The van der Waals surface area contributed by atoms with Gasteiger partial charge in [-0.15, -0.1) is 0 Å². The van der Waals surface area contributed by atoms with E-state index in [-0.39, 0.29) is 22.8 Å². The number of nitriles is 1. The Morgan fingerprint density at radius 2 is 1.85 bits per heavy atom. The average molecular weight is 276 g/mol. The van der Waals surface area contributed by atoms with Crippen molar-refractivity contribution in [1.29, 1.82) is 5.26 Å². The summed E-state index contributed by atoms with van der Waals surface area (Å²) >= 11 is 0.